The van der Waals surface area contributed by atoms with Gasteiger partial charge in [0.15, 0.2) is 0 Å². The first kappa shape index (κ1) is 15.8. The molecule has 0 spiro atoms. The highest BCUT2D eigenvalue weighted by atomic mass is 35.5. The molecule has 0 bridgehead atoms. The Labute approximate surface area is 139 Å². The summed E-state index contributed by atoms with van der Waals surface area (Å²) in [6.45, 7) is 0.355. The molecule has 0 unspecified atom stereocenters. The summed E-state index contributed by atoms with van der Waals surface area (Å²) in [5.41, 5.74) is 1.42. The molecule has 23 heavy (non-hydrogen) atoms. The fraction of sp³-hybridized carbons (Fsp3) is 0.188. The Kier molecular flexibility index (Phi) is 4.04. The van der Waals surface area contributed by atoms with Crippen LogP contribution in [0, 0.1) is 0 Å². The standard InChI is InChI=1S/C16H14ClNO4S/c17-13-6-7-15-11(9-13)4-2-8-18(15)23(21,22)14-5-1-3-12(10-14)16(19)20/h1,3,5-7,9-10H,2,4,8H2,(H,19,20). The molecule has 0 atom stereocenters. The van der Waals surface area contributed by atoms with Crippen LogP contribution < -0.4 is 4.31 Å². The summed E-state index contributed by atoms with van der Waals surface area (Å²) in [7, 11) is -3.82. The van der Waals surface area contributed by atoms with Gasteiger partial charge in [0.1, 0.15) is 0 Å². The summed E-state index contributed by atoms with van der Waals surface area (Å²) >= 11 is 5.98. The molecule has 3 rings (SSSR count). The van der Waals surface area contributed by atoms with Gasteiger partial charge in [-0.3, -0.25) is 4.31 Å². The van der Waals surface area contributed by atoms with Crippen LogP contribution in [0.1, 0.15) is 22.3 Å². The molecule has 0 fully saturated rings. The smallest absolute Gasteiger partial charge is 0.335 e. The van der Waals surface area contributed by atoms with Gasteiger partial charge in [0, 0.05) is 11.6 Å². The van der Waals surface area contributed by atoms with Crippen molar-refractivity contribution >= 4 is 33.3 Å². The molecule has 0 radical (unpaired) electrons. The number of carboxylic acid groups (broad SMARTS) is 1. The molecular weight excluding hydrogens is 338 g/mol. The van der Waals surface area contributed by atoms with Crippen LogP contribution in [-0.4, -0.2) is 26.0 Å². The fourth-order valence-electron chi connectivity index (χ4n) is 2.70. The van der Waals surface area contributed by atoms with E-state index in [1.165, 1.54) is 28.6 Å². The van der Waals surface area contributed by atoms with Gasteiger partial charge in [-0.1, -0.05) is 17.7 Å². The quantitative estimate of drug-likeness (QED) is 0.921. The Hall–Kier alpha value is -2.05. The van der Waals surface area contributed by atoms with Crippen molar-refractivity contribution in [2.75, 3.05) is 10.8 Å². The van der Waals surface area contributed by atoms with Crippen LogP contribution in [0.3, 0.4) is 0 Å². The SMILES string of the molecule is O=C(O)c1cccc(S(=O)(=O)N2CCCc3cc(Cl)ccc32)c1. The maximum absolute atomic E-state index is 12.9. The highest BCUT2D eigenvalue weighted by Gasteiger charge is 2.29. The number of nitrogens with zero attached hydrogens (tertiary/aromatic N) is 1. The van der Waals surface area contributed by atoms with Gasteiger partial charge in [-0.2, -0.15) is 0 Å². The van der Waals surface area contributed by atoms with Gasteiger partial charge in [-0.25, -0.2) is 13.2 Å². The molecular formula is C16H14ClNO4S. The lowest BCUT2D eigenvalue weighted by Crippen LogP contribution is -2.35. The maximum Gasteiger partial charge on any atom is 0.335 e. The van der Waals surface area contributed by atoms with Gasteiger partial charge >= 0.3 is 5.97 Å². The van der Waals surface area contributed by atoms with Gasteiger partial charge in [-0.05, 0) is 54.8 Å². The average Bonchev–Trinajstić information content (AvgIpc) is 2.54. The van der Waals surface area contributed by atoms with E-state index in [4.69, 9.17) is 16.7 Å². The van der Waals surface area contributed by atoms with E-state index in [2.05, 4.69) is 0 Å². The van der Waals surface area contributed by atoms with Crippen LogP contribution in [0.25, 0.3) is 0 Å². The molecule has 2 aromatic rings. The number of hydrogen-bond donors (Lipinski definition) is 1. The third-order valence-electron chi connectivity index (χ3n) is 3.79. The fourth-order valence-corrected chi connectivity index (χ4v) is 4.48. The highest BCUT2D eigenvalue weighted by molar-refractivity contribution is 7.92. The van der Waals surface area contributed by atoms with E-state index in [1.54, 1.807) is 18.2 Å². The number of fused-ring (bicyclic) bond motifs is 1. The number of aryl methyl sites for hydroxylation is 1. The summed E-state index contributed by atoms with van der Waals surface area (Å²) in [6, 6.07) is 10.5. The Bertz CT molecular complexity index is 879. The van der Waals surface area contributed by atoms with Crippen molar-refractivity contribution in [1.82, 2.24) is 0 Å². The van der Waals surface area contributed by atoms with Gasteiger partial charge in [0.25, 0.3) is 10.0 Å². The van der Waals surface area contributed by atoms with Crippen LogP contribution in [0.5, 0.6) is 0 Å². The third kappa shape index (κ3) is 2.92. The van der Waals surface area contributed by atoms with Crippen molar-refractivity contribution in [3.8, 4) is 0 Å². The van der Waals surface area contributed by atoms with E-state index in [1.807, 2.05) is 0 Å². The van der Waals surface area contributed by atoms with Crippen LogP contribution in [-0.2, 0) is 16.4 Å². The monoisotopic (exact) mass is 351 g/mol. The first-order valence-corrected chi connectivity index (χ1v) is 8.86. The molecule has 120 valence electrons. The Morgan fingerprint density at radius 1 is 1.17 bits per heavy atom. The highest BCUT2D eigenvalue weighted by Crippen LogP contribution is 2.33. The molecule has 1 aliphatic heterocycles. The normalized spacial score (nSPS) is 14.4. The predicted molar refractivity (Wildman–Crippen MR) is 87.7 cm³/mol. The minimum Gasteiger partial charge on any atom is -0.478 e. The number of carboxylic acids is 1. The largest absolute Gasteiger partial charge is 0.478 e. The first-order chi connectivity index (χ1) is 10.9. The summed E-state index contributed by atoms with van der Waals surface area (Å²) in [5.74, 6) is -1.16. The molecule has 1 N–H and O–H groups in total. The molecule has 0 saturated heterocycles. The topological polar surface area (TPSA) is 74.7 Å². The average molecular weight is 352 g/mol. The Morgan fingerprint density at radius 3 is 2.70 bits per heavy atom. The van der Waals surface area contributed by atoms with Crippen molar-refractivity contribution < 1.29 is 18.3 Å². The van der Waals surface area contributed by atoms with Crippen LogP contribution in [0.15, 0.2) is 47.4 Å². The number of sulfonamides is 1. The molecule has 1 heterocycles. The van der Waals surface area contributed by atoms with Gasteiger partial charge in [0.2, 0.25) is 0 Å². The zero-order valence-electron chi connectivity index (χ0n) is 12.1. The lowest BCUT2D eigenvalue weighted by molar-refractivity contribution is 0.0696. The molecule has 0 saturated carbocycles. The van der Waals surface area contributed by atoms with Gasteiger partial charge < -0.3 is 5.11 Å². The van der Waals surface area contributed by atoms with E-state index in [0.29, 0.717) is 23.7 Å². The first-order valence-electron chi connectivity index (χ1n) is 7.04. The molecule has 5 nitrogen and oxygen atoms in total. The molecule has 0 aromatic heterocycles. The zero-order chi connectivity index (χ0) is 16.6. The number of benzene rings is 2. The van der Waals surface area contributed by atoms with Crippen molar-refractivity contribution in [3.05, 3.63) is 58.6 Å². The molecule has 1 aliphatic rings. The Balaban J connectivity index is 2.08. The maximum atomic E-state index is 12.9. The van der Waals surface area contributed by atoms with Crippen molar-refractivity contribution in [2.24, 2.45) is 0 Å². The van der Waals surface area contributed by atoms with Crippen molar-refractivity contribution in [2.45, 2.75) is 17.7 Å². The van der Waals surface area contributed by atoms with Crippen molar-refractivity contribution in [1.29, 1.82) is 0 Å². The molecule has 7 heteroatoms. The minimum atomic E-state index is -3.82. The third-order valence-corrected chi connectivity index (χ3v) is 5.83. The molecule has 0 amide bonds. The lowest BCUT2D eigenvalue weighted by atomic mass is 10.0. The van der Waals surface area contributed by atoms with E-state index in [-0.39, 0.29) is 10.5 Å². The number of anilines is 1. The number of carbonyl (C=O) groups is 1. The second kappa shape index (κ2) is 5.86. The van der Waals surface area contributed by atoms with Crippen LogP contribution in [0.2, 0.25) is 5.02 Å². The van der Waals surface area contributed by atoms with Gasteiger partial charge in [-0.15, -0.1) is 0 Å². The van der Waals surface area contributed by atoms with E-state index in [9.17, 15) is 13.2 Å². The van der Waals surface area contributed by atoms with Crippen LogP contribution >= 0.6 is 11.6 Å². The minimum absolute atomic E-state index is 0.0276. The summed E-state index contributed by atoms with van der Waals surface area (Å²) in [6.07, 6.45) is 1.45. The van der Waals surface area contributed by atoms with Crippen LogP contribution in [0.4, 0.5) is 5.69 Å². The molecule has 0 aliphatic carbocycles. The number of hydrogen-bond acceptors (Lipinski definition) is 3. The van der Waals surface area contributed by atoms with E-state index < -0.39 is 16.0 Å². The summed E-state index contributed by atoms with van der Waals surface area (Å²) < 4.78 is 27.1. The van der Waals surface area contributed by atoms with Gasteiger partial charge in [0.05, 0.1) is 16.1 Å². The predicted octanol–water partition coefficient (Wildman–Crippen LogP) is 3.18. The lowest BCUT2D eigenvalue weighted by Gasteiger charge is -2.30. The van der Waals surface area contributed by atoms with E-state index in [0.717, 1.165) is 12.0 Å². The Morgan fingerprint density at radius 2 is 1.96 bits per heavy atom. The summed E-state index contributed by atoms with van der Waals surface area (Å²) in [5, 5.41) is 9.62. The summed E-state index contributed by atoms with van der Waals surface area (Å²) in [4.78, 5) is 11.0. The second-order valence-corrected chi connectivity index (χ2v) is 7.59. The number of rotatable bonds is 3. The molecule has 2 aromatic carbocycles. The zero-order valence-corrected chi connectivity index (χ0v) is 13.6. The van der Waals surface area contributed by atoms with E-state index >= 15 is 0 Å². The number of halogens is 1. The number of aromatic carboxylic acids is 1. The van der Waals surface area contributed by atoms with Crippen molar-refractivity contribution in [3.63, 3.8) is 0 Å². The second-order valence-electron chi connectivity index (χ2n) is 5.29.